The molecule has 3 N–H and O–H groups in total. The van der Waals surface area contributed by atoms with Gasteiger partial charge in [-0.25, -0.2) is 0 Å². The van der Waals surface area contributed by atoms with Gasteiger partial charge in [0.05, 0.1) is 10.7 Å². The average molecular weight is 368 g/mol. The Labute approximate surface area is 135 Å². The Bertz CT molecular complexity index is 734. The van der Waals surface area contributed by atoms with Gasteiger partial charge in [-0.1, -0.05) is 39.7 Å². The predicted molar refractivity (Wildman–Crippen MR) is 86.2 cm³/mol. The molecule has 1 aliphatic heterocycles. The van der Waals surface area contributed by atoms with Crippen LogP contribution in [0.1, 0.15) is 17.0 Å². The van der Waals surface area contributed by atoms with Crippen LogP contribution in [0.3, 0.4) is 0 Å². The van der Waals surface area contributed by atoms with Gasteiger partial charge in [0.1, 0.15) is 11.5 Å². The number of hydrazone groups is 1. The third kappa shape index (κ3) is 2.71. The van der Waals surface area contributed by atoms with Gasteiger partial charge in [0.15, 0.2) is 0 Å². The van der Waals surface area contributed by atoms with Crippen molar-refractivity contribution in [3.8, 4) is 11.5 Å². The van der Waals surface area contributed by atoms with E-state index in [0.717, 1.165) is 10.0 Å². The van der Waals surface area contributed by atoms with Crippen LogP contribution in [0.15, 0.2) is 46.0 Å². The van der Waals surface area contributed by atoms with Crippen molar-refractivity contribution >= 4 is 33.2 Å². The summed E-state index contributed by atoms with van der Waals surface area (Å²) in [6.07, 6.45) is 0. The summed E-state index contributed by atoms with van der Waals surface area (Å²) in [5.41, 5.74) is 5.26. The average Bonchev–Trinajstić information content (AvgIpc) is 2.92. The number of hydrogen-bond donors (Lipinski definition) is 3. The van der Waals surface area contributed by atoms with Crippen molar-refractivity contribution in [3.63, 3.8) is 0 Å². The first-order chi connectivity index (χ1) is 10.1. The lowest BCUT2D eigenvalue weighted by Gasteiger charge is -2.14. The molecule has 1 aliphatic rings. The quantitative estimate of drug-likeness (QED) is 0.760. The van der Waals surface area contributed by atoms with Crippen LogP contribution in [-0.2, 0) is 0 Å². The summed E-state index contributed by atoms with van der Waals surface area (Å²) < 4.78 is 0.985. The van der Waals surface area contributed by atoms with Crippen molar-refractivity contribution in [2.75, 3.05) is 6.54 Å². The lowest BCUT2D eigenvalue weighted by atomic mass is 9.90. The molecule has 0 bridgehead atoms. The first-order valence-electron chi connectivity index (χ1n) is 6.34. The van der Waals surface area contributed by atoms with Crippen LogP contribution in [0.5, 0.6) is 11.5 Å². The van der Waals surface area contributed by atoms with Gasteiger partial charge in [0, 0.05) is 28.6 Å². The molecule has 1 atom stereocenters. The van der Waals surface area contributed by atoms with Crippen molar-refractivity contribution in [2.24, 2.45) is 5.10 Å². The van der Waals surface area contributed by atoms with E-state index in [-0.39, 0.29) is 22.4 Å². The van der Waals surface area contributed by atoms with E-state index in [2.05, 4.69) is 26.5 Å². The van der Waals surface area contributed by atoms with Crippen molar-refractivity contribution in [1.29, 1.82) is 0 Å². The largest absolute Gasteiger partial charge is 0.507 e. The zero-order valence-corrected chi connectivity index (χ0v) is 13.2. The Hall–Kier alpha value is -1.72. The van der Waals surface area contributed by atoms with Gasteiger partial charge < -0.3 is 15.6 Å². The van der Waals surface area contributed by atoms with Gasteiger partial charge in [0.25, 0.3) is 0 Å². The fraction of sp³-hybridized carbons (Fsp3) is 0.133. The lowest BCUT2D eigenvalue weighted by Crippen LogP contribution is -2.14. The highest BCUT2D eigenvalue weighted by atomic mass is 79.9. The second-order valence-electron chi connectivity index (χ2n) is 4.79. The fourth-order valence-electron chi connectivity index (χ4n) is 2.40. The molecule has 0 amide bonds. The molecule has 3 rings (SSSR count). The van der Waals surface area contributed by atoms with E-state index in [0.29, 0.717) is 17.8 Å². The van der Waals surface area contributed by atoms with E-state index in [1.807, 2.05) is 24.3 Å². The minimum atomic E-state index is -0.150. The standard InChI is InChI=1S/C15H12BrClN2O2/c16-9-3-1-2-8(4-9)11-7-18-19-15(11)10-5-12(17)14(21)6-13(10)20/h1-6,11,18,20-21H,7H2. The maximum Gasteiger partial charge on any atom is 0.137 e. The van der Waals surface area contributed by atoms with Crippen molar-refractivity contribution in [2.45, 2.75) is 5.92 Å². The molecule has 21 heavy (non-hydrogen) atoms. The van der Waals surface area contributed by atoms with Crippen LogP contribution in [0, 0.1) is 0 Å². The summed E-state index contributed by atoms with van der Waals surface area (Å²) in [4.78, 5) is 0. The fourth-order valence-corrected chi connectivity index (χ4v) is 2.98. The highest BCUT2D eigenvalue weighted by Gasteiger charge is 2.27. The zero-order valence-electron chi connectivity index (χ0n) is 10.8. The van der Waals surface area contributed by atoms with Crippen LogP contribution < -0.4 is 5.43 Å². The van der Waals surface area contributed by atoms with Crippen LogP contribution in [0.2, 0.25) is 5.02 Å². The summed E-state index contributed by atoms with van der Waals surface area (Å²) in [5.74, 6) is -0.183. The molecule has 6 heteroatoms. The molecular weight excluding hydrogens is 356 g/mol. The predicted octanol–water partition coefficient (Wildman–Crippen LogP) is 3.60. The molecule has 1 heterocycles. The van der Waals surface area contributed by atoms with Crippen LogP contribution >= 0.6 is 27.5 Å². The number of hydrogen-bond acceptors (Lipinski definition) is 4. The van der Waals surface area contributed by atoms with Gasteiger partial charge in [-0.3, -0.25) is 0 Å². The van der Waals surface area contributed by atoms with Gasteiger partial charge in [-0.2, -0.15) is 5.10 Å². The molecule has 0 radical (unpaired) electrons. The molecule has 2 aromatic carbocycles. The van der Waals surface area contributed by atoms with Crippen molar-refractivity contribution < 1.29 is 10.2 Å². The Kier molecular flexibility index (Phi) is 3.78. The van der Waals surface area contributed by atoms with Gasteiger partial charge in [0.2, 0.25) is 0 Å². The molecule has 4 nitrogen and oxygen atoms in total. The number of phenols is 2. The summed E-state index contributed by atoms with van der Waals surface area (Å²) in [5, 5.41) is 24.1. The van der Waals surface area contributed by atoms with E-state index in [4.69, 9.17) is 11.6 Å². The van der Waals surface area contributed by atoms with Gasteiger partial charge in [-0.15, -0.1) is 0 Å². The minimum absolute atomic E-state index is 0.00834. The zero-order chi connectivity index (χ0) is 15.0. The third-order valence-electron chi connectivity index (χ3n) is 3.42. The lowest BCUT2D eigenvalue weighted by molar-refractivity contribution is 0.450. The molecule has 108 valence electrons. The van der Waals surface area contributed by atoms with E-state index < -0.39 is 0 Å². The summed E-state index contributed by atoms with van der Waals surface area (Å²) in [7, 11) is 0. The second-order valence-corrected chi connectivity index (χ2v) is 6.11. The number of rotatable bonds is 2. The summed E-state index contributed by atoms with van der Waals surface area (Å²) >= 11 is 9.40. The molecular formula is C15H12BrClN2O2. The molecule has 0 fully saturated rings. The monoisotopic (exact) mass is 366 g/mol. The normalized spacial score (nSPS) is 17.4. The third-order valence-corrected chi connectivity index (χ3v) is 4.21. The van der Waals surface area contributed by atoms with E-state index in [1.54, 1.807) is 0 Å². The Morgan fingerprint density at radius 1 is 1.19 bits per heavy atom. The highest BCUT2D eigenvalue weighted by Crippen LogP contribution is 2.35. The molecule has 1 unspecified atom stereocenters. The summed E-state index contributed by atoms with van der Waals surface area (Å²) in [6, 6.07) is 10.7. The number of benzene rings is 2. The number of aromatic hydroxyl groups is 2. The van der Waals surface area contributed by atoms with Crippen molar-refractivity contribution in [1.82, 2.24) is 5.43 Å². The van der Waals surface area contributed by atoms with E-state index in [1.165, 1.54) is 12.1 Å². The van der Waals surface area contributed by atoms with Gasteiger partial charge >= 0.3 is 0 Å². The Morgan fingerprint density at radius 3 is 2.76 bits per heavy atom. The van der Waals surface area contributed by atoms with Crippen molar-refractivity contribution in [3.05, 3.63) is 57.0 Å². The number of nitrogens with one attached hydrogen (secondary N) is 1. The summed E-state index contributed by atoms with van der Waals surface area (Å²) in [6.45, 7) is 0.643. The minimum Gasteiger partial charge on any atom is -0.507 e. The number of phenolic OH excluding ortho intramolecular Hbond substituents is 2. The Balaban J connectivity index is 2.04. The number of halogens is 2. The SMILES string of the molecule is Oc1cc(O)c(C2=NNCC2c2cccc(Br)c2)cc1Cl. The number of nitrogens with zero attached hydrogens (tertiary/aromatic N) is 1. The molecule has 0 spiro atoms. The van der Waals surface area contributed by atoms with Crippen LogP contribution in [-0.4, -0.2) is 22.5 Å². The van der Waals surface area contributed by atoms with Crippen LogP contribution in [0.25, 0.3) is 0 Å². The first kappa shape index (κ1) is 14.2. The van der Waals surface area contributed by atoms with E-state index >= 15 is 0 Å². The molecule has 0 saturated heterocycles. The molecule has 2 aromatic rings. The molecule has 0 saturated carbocycles. The Morgan fingerprint density at radius 2 is 2.00 bits per heavy atom. The maximum absolute atomic E-state index is 10.1. The van der Waals surface area contributed by atoms with Gasteiger partial charge in [-0.05, 0) is 23.8 Å². The smallest absolute Gasteiger partial charge is 0.137 e. The van der Waals surface area contributed by atoms with E-state index in [9.17, 15) is 10.2 Å². The molecule has 0 aromatic heterocycles. The first-order valence-corrected chi connectivity index (χ1v) is 7.51. The second kappa shape index (κ2) is 5.58. The van der Waals surface area contributed by atoms with Crippen LogP contribution in [0.4, 0.5) is 0 Å². The molecule has 0 aliphatic carbocycles. The maximum atomic E-state index is 10.1. The topological polar surface area (TPSA) is 64.8 Å². The highest BCUT2D eigenvalue weighted by molar-refractivity contribution is 9.10.